The second-order valence-corrected chi connectivity index (χ2v) is 5.69. The normalized spacial score (nSPS) is 11.7. The highest BCUT2D eigenvalue weighted by molar-refractivity contribution is 5.95. The van der Waals surface area contributed by atoms with Gasteiger partial charge in [-0.3, -0.25) is 0 Å². The maximum Gasteiger partial charge on any atom is 0.573 e. The van der Waals surface area contributed by atoms with E-state index in [0.29, 0.717) is 16.9 Å². The van der Waals surface area contributed by atoms with Crippen molar-refractivity contribution < 1.29 is 17.9 Å². The average Bonchev–Trinajstić information content (AvgIpc) is 3.04. The fourth-order valence-electron chi connectivity index (χ4n) is 2.75. The Morgan fingerprint density at radius 1 is 1.00 bits per heavy atom. The molecule has 3 aromatic heterocycles. The van der Waals surface area contributed by atoms with Crippen LogP contribution in [0.4, 0.5) is 19.1 Å². The van der Waals surface area contributed by atoms with Gasteiger partial charge >= 0.3 is 6.36 Å². The Labute approximate surface area is 150 Å². The smallest absolute Gasteiger partial charge is 0.406 e. The molecule has 3 N–H and O–H groups in total. The van der Waals surface area contributed by atoms with Gasteiger partial charge in [0.25, 0.3) is 0 Å². The number of aromatic amines is 1. The van der Waals surface area contributed by atoms with Gasteiger partial charge in [-0.15, -0.1) is 13.2 Å². The van der Waals surface area contributed by atoms with Crippen LogP contribution in [0.1, 0.15) is 0 Å². The number of nitrogens with one attached hydrogen (secondary N) is 1. The van der Waals surface area contributed by atoms with E-state index in [1.807, 2.05) is 6.07 Å². The molecule has 0 unspecified atom stereocenters. The van der Waals surface area contributed by atoms with Crippen LogP contribution in [0, 0.1) is 0 Å². The second-order valence-electron chi connectivity index (χ2n) is 5.69. The molecule has 0 amide bonds. The van der Waals surface area contributed by atoms with Gasteiger partial charge in [0, 0.05) is 35.1 Å². The molecule has 3 heterocycles. The first-order valence-corrected chi connectivity index (χ1v) is 7.81. The van der Waals surface area contributed by atoms with E-state index in [-0.39, 0.29) is 11.7 Å². The Bertz CT molecular complexity index is 1110. The highest BCUT2D eigenvalue weighted by Crippen LogP contribution is 2.31. The fraction of sp³-hybridized carbons (Fsp3) is 0.0556. The van der Waals surface area contributed by atoms with Crippen LogP contribution in [0.3, 0.4) is 0 Å². The zero-order valence-corrected chi connectivity index (χ0v) is 13.7. The Morgan fingerprint density at radius 2 is 1.78 bits per heavy atom. The average molecular weight is 371 g/mol. The number of nitrogen functional groups attached to an aromatic ring is 1. The van der Waals surface area contributed by atoms with Crippen molar-refractivity contribution in [3.63, 3.8) is 0 Å². The quantitative estimate of drug-likeness (QED) is 0.564. The van der Waals surface area contributed by atoms with Crippen molar-refractivity contribution in [1.29, 1.82) is 0 Å². The number of ether oxygens (including phenoxy) is 1. The summed E-state index contributed by atoms with van der Waals surface area (Å²) in [5.74, 6) is -0.120. The number of rotatable bonds is 3. The van der Waals surface area contributed by atoms with E-state index in [1.54, 1.807) is 36.8 Å². The minimum atomic E-state index is -4.72. The van der Waals surface area contributed by atoms with E-state index in [1.165, 1.54) is 12.1 Å². The molecule has 0 radical (unpaired) electrons. The lowest BCUT2D eigenvalue weighted by Gasteiger charge is -2.09. The minimum Gasteiger partial charge on any atom is -0.406 e. The number of hydrogen-bond donors (Lipinski definition) is 2. The molecule has 0 spiro atoms. The predicted molar refractivity (Wildman–Crippen MR) is 93.7 cm³/mol. The largest absolute Gasteiger partial charge is 0.573 e. The van der Waals surface area contributed by atoms with E-state index >= 15 is 0 Å². The van der Waals surface area contributed by atoms with E-state index in [0.717, 1.165) is 16.5 Å². The number of nitrogens with zero attached hydrogens (tertiary/aromatic N) is 3. The lowest BCUT2D eigenvalue weighted by molar-refractivity contribution is -0.274. The molecule has 0 atom stereocenters. The fourth-order valence-corrected chi connectivity index (χ4v) is 2.75. The van der Waals surface area contributed by atoms with E-state index in [9.17, 15) is 13.2 Å². The molecule has 9 heteroatoms. The Kier molecular flexibility index (Phi) is 3.91. The van der Waals surface area contributed by atoms with Crippen LogP contribution < -0.4 is 10.5 Å². The number of halogens is 3. The number of pyridine rings is 1. The maximum absolute atomic E-state index is 12.3. The number of H-pyrrole nitrogens is 1. The monoisotopic (exact) mass is 371 g/mol. The summed E-state index contributed by atoms with van der Waals surface area (Å²) in [5.41, 5.74) is 9.18. The van der Waals surface area contributed by atoms with Gasteiger partial charge in [-0.1, -0.05) is 12.1 Å². The molecule has 1 aromatic carbocycles. The molecule has 27 heavy (non-hydrogen) atoms. The number of anilines is 1. The lowest BCUT2D eigenvalue weighted by atomic mass is 10.0. The summed E-state index contributed by atoms with van der Waals surface area (Å²) in [6.07, 6.45) is 0.245. The number of fused-ring (bicyclic) bond motifs is 1. The van der Waals surface area contributed by atoms with Gasteiger partial charge in [0.2, 0.25) is 5.95 Å². The van der Waals surface area contributed by atoms with E-state index < -0.39 is 6.36 Å². The van der Waals surface area contributed by atoms with E-state index in [2.05, 4.69) is 24.7 Å². The van der Waals surface area contributed by atoms with Gasteiger partial charge in [-0.2, -0.15) is 0 Å². The standard InChI is InChI=1S/C18H12F3N5O/c19-18(20,21)27-12-3-1-10(2-4-12)11-7-13-14(9-25-16(13)24-8-11)15-5-6-23-17(22)26-15/h1-9H,(H,24,25)(H2,22,23,26). The number of aromatic nitrogens is 4. The van der Waals surface area contributed by atoms with Gasteiger partial charge in [0.1, 0.15) is 11.4 Å². The van der Waals surface area contributed by atoms with Crippen LogP contribution in [0.15, 0.2) is 55.0 Å². The summed E-state index contributed by atoms with van der Waals surface area (Å²) in [5, 5.41) is 0.807. The van der Waals surface area contributed by atoms with Crippen molar-refractivity contribution in [1.82, 2.24) is 19.9 Å². The van der Waals surface area contributed by atoms with Gasteiger partial charge in [-0.25, -0.2) is 15.0 Å². The first-order valence-electron chi connectivity index (χ1n) is 7.81. The first-order chi connectivity index (χ1) is 12.9. The Hall–Kier alpha value is -3.62. The lowest BCUT2D eigenvalue weighted by Crippen LogP contribution is -2.16. The Balaban J connectivity index is 1.72. The zero-order chi connectivity index (χ0) is 19.0. The summed E-state index contributed by atoms with van der Waals surface area (Å²) >= 11 is 0. The predicted octanol–water partition coefficient (Wildman–Crippen LogP) is 4.17. The number of nitrogens with two attached hydrogens (primary N) is 1. The van der Waals surface area contributed by atoms with Gasteiger partial charge < -0.3 is 15.5 Å². The molecule has 0 aliphatic rings. The SMILES string of the molecule is Nc1nccc(-c2c[nH]c3ncc(-c4ccc(OC(F)(F)F)cc4)cc23)n1. The van der Waals surface area contributed by atoms with Crippen molar-refractivity contribution >= 4 is 17.0 Å². The maximum atomic E-state index is 12.3. The highest BCUT2D eigenvalue weighted by Gasteiger charge is 2.30. The summed E-state index contributed by atoms with van der Waals surface area (Å²) in [7, 11) is 0. The summed E-state index contributed by atoms with van der Waals surface area (Å²) in [4.78, 5) is 15.5. The molecule has 4 rings (SSSR count). The topological polar surface area (TPSA) is 89.7 Å². The molecule has 0 fully saturated rings. The first kappa shape index (κ1) is 16.8. The highest BCUT2D eigenvalue weighted by atomic mass is 19.4. The van der Waals surface area contributed by atoms with E-state index in [4.69, 9.17) is 5.73 Å². The molecule has 0 bridgehead atoms. The number of alkyl halides is 3. The van der Waals surface area contributed by atoms with Crippen LogP contribution in [0.5, 0.6) is 5.75 Å². The molecular formula is C18H12F3N5O. The molecule has 4 aromatic rings. The van der Waals surface area contributed by atoms with Crippen LogP contribution in [-0.4, -0.2) is 26.3 Å². The van der Waals surface area contributed by atoms with Crippen LogP contribution in [0.25, 0.3) is 33.4 Å². The van der Waals surface area contributed by atoms with Crippen molar-refractivity contribution in [2.75, 3.05) is 5.73 Å². The number of hydrogen-bond acceptors (Lipinski definition) is 5. The molecule has 0 saturated heterocycles. The molecule has 6 nitrogen and oxygen atoms in total. The Morgan fingerprint density at radius 3 is 2.48 bits per heavy atom. The summed E-state index contributed by atoms with van der Waals surface area (Å²) < 4.78 is 40.7. The van der Waals surface area contributed by atoms with Gasteiger partial charge in [0.05, 0.1) is 5.69 Å². The molecule has 136 valence electrons. The van der Waals surface area contributed by atoms with Crippen molar-refractivity contribution in [3.8, 4) is 28.1 Å². The third kappa shape index (κ3) is 3.52. The third-order valence-electron chi connectivity index (χ3n) is 3.90. The number of benzene rings is 1. The van der Waals surface area contributed by atoms with Crippen LogP contribution in [0.2, 0.25) is 0 Å². The molecule has 0 saturated carbocycles. The third-order valence-corrected chi connectivity index (χ3v) is 3.90. The van der Waals surface area contributed by atoms with Crippen molar-refractivity contribution in [2.45, 2.75) is 6.36 Å². The van der Waals surface area contributed by atoms with Crippen LogP contribution >= 0.6 is 0 Å². The molecular weight excluding hydrogens is 359 g/mol. The van der Waals surface area contributed by atoms with Gasteiger partial charge in [-0.05, 0) is 29.8 Å². The van der Waals surface area contributed by atoms with Crippen molar-refractivity contribution in [2.24, 2.45) is 0 Å². The summed E-state index contributed by atoms with van der Waals surface area (Å²) in [6, 6.07) is 9.21. The molecule has 0 aliphatic heterocycles. The van der Waals surface area contributed by atoms with Crippen molar-refractivity contribution in [3.05, 3.63) is 55.0 Å². The van der Waals surface area contributed by atoms with Crippen LogP contribution in [-0.2, 0) is 0 Å². The van der Waals surface area contributed by atoms with Gasteiger partial charge in [0.15, 0.2) is 0 Å². The molecule has 0 aliphatic carbocycles. The second kappa shape index (κ2) is 6.27. The zero-order valence-electron chi connectivity index (χ0n) is 13.7. The summed E-state index contributed by atoms with van der Waals surface area (Å²) in [6.45, 7) is 0. The minimum absolute atomic E-state index is 0.159.